The van der Waals surface area contributed by atoms with Gasteiger partial charge in [0.25, 0.3) is 0 Å². The molecule has 0 radical (unpaired) electrons. The highest BCUT2D eigenvalue weighted by molar-refractivity contribution is 6.28. The largest absolute Gasteiger partial charge is 0.494 e. The van der Waals surface area contributed by atoms with Gasteiger partial charge in [0.05, 0.1) is 38.0 Å². The van der Waals surface area contributed by atoms with Gasteiger partial charge in [-0.15, -0.1) is 0 Å². The van der Waals surface area contributed by atoms with E-state index in [4.69, 9.17) is 26.8 Å². The molecule has 4 saturated heterocycles. The average molecular weight is 1040 g/mol. The SMILES string of the molecule is CC1(C)C[C@H](Nc2nc(Cl)ncc2F)C[C@@H]2CCCN21.COc1cc(F)c(N)cc1-n1nnn(C)c1=O.COc1cc(F)c(Nc2ncc(F)c(N[C@@H]3C[C@@H]4CCCN4C(C)(C)C3)n2)cc1-n1nnn(C)c1=O. The van der Waals surface area contributed by atoms with E-state index in [1.807, 2.05) is 0 Å². The van der Waals surface area contributed by atoms with Crippen LogP contribution < -0.4 is 42.5 Å². The fourth-order valence-corrected chi connectivity index (χ4v) is 10.6. The molecule has 2 aromatic carbocycles. The molecule has 0 aliphatic carbocycles. The number of nitrogens with one attached hydrogen (secondary N) is 3. The number of nitrogens with two attached hydrogens (primary N) is 1. The van der Waals surface area contributed by atoms with Crippen LogP contribution in [-0.4, -0.2) is 132 Å². The number of nitrogen functional groups attached to an aromatic ring is 1. The number of hydrogen-bond donors (Lipinski definition) is 4. The maximum absolute atomic E-state index is 14.9. The Bertz CT molecular complexity index is 3080. The zero-order chi connectivity index (χ0) is 52.5. The van der Waals surface area contributed by atoms with E-state index in [-0.39, 0.29) is 80.3 Å². The number of nitrogens with zero attached hydrogens (tertiary/aromatic N) is 14. The smallest absolute Gasteiger partial charge is 0.368 e. The van der Waals surface area contributed by atoms with Crippen LogP contribution in [0.4, 0.5) is 46.5 Å². The third-order valence-corrected chi connectivity index (χ3v) is 13.9. The molecule has 4 aliphatic rings. The van der Waals surface area contributed by atoms with Crippen LogP contribution in [0.3, 0.4) is 0 Å². The van der Waals surface area contributed by atoms with E-state index in [9.17, 15) is 27.2 Å². The number of aromatic nitrogens is 12. The number of ether oxygens (including phenoxy) is 2. The predicted octanol–water partition coefficient (Wildman–Crippen LogP) is 5.39. The van der Waals surface area contributed by atoms with Gasteiger partial charge in [-0.2, -0.15) is 28.7 Å². The summed E-state index contributed by atoms with van der Waals surface area (Å²) in [6.45, 7) is 11.2. The van der Waals surface area contributed by atoms with Crippen molar-refractivity contribution >= 4 is 40.6 Å². The molecule has 8 heterocycles. The Hall–Kier alpha value is -6.93. The van der Waals surface area contributed by atoms with E-state index in [1.54, 1.807) is 0 Å². The van der Waals surface area contributed by atoms with E-state index in [2.05, 4.69) is 94.2 Å². The molecule has 27 heteroatoms. The third kappa shape index (κ3) is 11.3. The molecular weight excluding hydrogens is 980 g/mol. The molecule has 5 N–H and O–H groups in total. The predicted molar refractivity (Wildman–Crippen MR) is 264 cm³/mol. The molecular formula is C46H59ClF4N18O4. The molecule has 4 aromatic heterocycles. The monoisotopic (exact) mass is 1040 g/mol. The number of hydrogen-bond acceptors (Lipinski definition) is 18. The van der Waals surface area contributed by atoms with Gasteiger partial charge in [0, 0.05) is 61.5 Å². The highest BCUT2D eigenvalue weighted by atomic mass is 35.5. The Morgan fingerprint density at radius 2 is 1.15 bits per heavy atom. The number of fused-ring (bicyclic) bond motifs is 2. The van der Waals surface area contributed by atoms with Crippen molar-refractivity contribution < 1.29 is 27.0 Å². The number of benzene rings is 2. The lowest BCUT2D eigenvalue weighted by molar-refractivity contribution is 0.0498. The molecule has 0 unspecified atom stereocenters. The summed E-state index contributed by atoms with van der Waals surface area (Å²) in [6.07, 6.45) is 10.7. The van der Waals surface area contributed by atoms with Crippen LogP contribution in [0, 0.1) is 23.3 Å². The van der Waals surface area contributed by atoms with Crippen LogP contribution in [0.15, 0.2) is 46.2 Å². The van der Waals surface area contributed by atoms with Crippen molar-refractivity contribution in [2.75, 3.05) is 49.0 Å². The lowest BCUT2D eigenvalue weighted by Gasteiger charge is -2.47. The van der Waals surface area contributed by atoms with Crippen molar-refractivity contribution in [2.24, 2.45) is 14.1 Å². The Morgan fingerprint density at radius 1 is 0.671 bits per heavy atom. The minimum absolute atomic E-state index is 0.00188. The molecule has 0 bridgehead atoms. The Kier molecular flexibility index (Phi) is 15.3. The minimum Gasteiger partial charge on any atom is -0.494 e. The zero-order valence-electron chi connectivity index (χ0n) is 41.7. The molecule has 4 fully saturated rings. The minimum atomic E-state index is -0.676. The van der Waals surface area contributed by atoms with E-state index in [0.29, 0.717) is 12.1 Å². The fourth-order valence-electron chi connectivity index (χ4n) is 10.5. The summed E-state index contributed by atoms with van der Waals surface area (Å²) in [6, 6.07) is 6.13. The highest BCUT2D eigenvalue weighted by Gasteiger charge is 2.44. The van der Waals surface area contributed by atoms with Crippen molar-refractivity contribution in [1.82, 2.24) is 69.3 Å². The van der Waals surface area contributed by atoms with Gasteiger partial charge in [-0.05, 0) is 137 Å². The quantitative estimate of drug-likeness (QED) is 0.0764. The Balaban J connectivity index is 0.000000162. The summed E-state index contributed by atoms with van der Waals surface area (Å²) < 4.78 is 70.7. The van der Waals surface area contributed by atoms with Gasteiger partial charge >= 0.3 is 11.4 Å². The molecule has 0 spiro atoms. The van der Waals surface area contributed by atoms with Crippen molar-refractivity contribution in [1.29, 1.82) is 0 Å². The Morgan fingerprint density at radius 3 is 1.64 bits per heavy atom. The number of methoxy groups -OCH3 is 2. The summed E-state index contributed by atoms with van der Waals surface area (Å²) in [5, 5.41) is 24.0. The highest BCUT2D eigenvalue weighted by Crippen LogP contribution is 2.40. The first kappa shape index (κ1) is 52.4. The molecule has 4 aliphatic heterocycles. The Labute approximate surface area is 422 Å². The fraction of sp³-hybridized carbons (Fsp3) is 0.522. The number of halogens is 5. The second-order valence-electron chi connectivity index (χ2n) is 19.7. The van der Waals surface area contributed by atoms with E-state index in [1.165, 1.54) is 66.3 Å². The van der Waals surface area contributed by atoms with Crippen LogP contribution in [0.1, 0.15) is 79.1 Å². The molecule has 10 rings (SSSR count). The summed E-state index contributed by atoms with van der Waals surface area (Å²) in [4.78, 5) is 45.0. The van der Waals surface area contributed by atoms with E-state index < -0.39 is 34.6 Å². The molecule has 6 aromatic rings. The van der Waals surface area contributed by atoms with Crippen LogP contribution in [-0.2, 0) is 14.1 Å². The normalized spacial score (nSPS) is 20.9. The van der Waals surface area contributed by atoms with Gasteiger partial charge in [0.15, 0.2) is 29.1 Å². The van der Waals surface area contributed by atoms with Gasteiger partial charge < -0.3 is 31.2 Å². The number of piperidine rings is 2. The van der Waals surface area contributed by atoms with Crippen LogP contribution in [0.5, 0.6) is 11.5 Å². The second-order valence-corrected chi connectivity index (χ2v) is 20.0. The first-order valence-corrected chi connectivity index (χ1v) is 24.1. The average Bonchev–Trinajstić information content (AvgIpc) is 4.16. The van der Waals surface area contributed by atoms with Gasteiger partial charge in [0.2, 0.25) is 11.2 Å². The second kappa shape index (κ2) is 21.3. The third-order valence-electron chi connectivity index (χ3n) is 13.8. The van der Waals surface area contributed by atoms with Crippen molar-refractivity contribution in [3.8, 4) is 22.9 Å². The summed E-state index contributed by atoms with van der Waals surface area (Å²) in [7, 11) is 5.60. The van der Waals surface area contributed by atoms with Crippen LogP contribution in [0.2, 0.25) is 5.28 Å². The molecule has 0 saturated carbocycles. The zero-order valence-corrected chi connectivity index (χ0v) is 42.5. The summed E-state index contributed by atoms with van der Waals surface area (Å²) in [5.74, 6) is -1.82. The van der Waals surface area contributed by atoms with Crippen molar-refractivity contribution in [2.45, 2.75) is 114 Å². The summed E-state index contributed by atoms with van der Waals surface area (Å²) >= 11 is 5.74. The van der Waals surface area contributed by atoms with Gasteiger partial charge in [0.1, 0.15) is 28.7 Å². The molecule has 4 atom stereocenters. The van der Waals surface area contributed by atoms with E-state index >= 15 is 0 Å². The first-order chi connectivity index (χ1) is 34.7. The standard InChI is InChI=1S/C23H29F2N9O2.C14H20ClFN4.C9H10FN5O2/c1-23(2)11-13(8-14-6-5-7-33(14)23)27-20-16(25)12-26-21(29-20)28-17-10-18(19(36-4)9-15(17)24)34-22(35)32(3)30-31-34;1-14(2)7-9(6-10-4-3-5-20(10)14)18-12-11(16)8-17-13(15)19-12;1-14-9(16)15(13-12-14)7-4-6(11)5(10)3-8(7)17-2/h9-10,12-14H,5-8,11H2,1-4H3,(H2,26,27,28,29);8-10H,3-7H2,1-2H3,(H,17,18,19);3-4H,11H2,1-2H3/t13-,14+;9-,10+;/m11./s1. The van der Waals surface area contributed by atoms with Crippen LogP contribution >= 0.6 is 11.6 Å². The van der Waals surface area contributed by atoms with Crippen molar-refractivity contribution in [3.63, 3.8) is 0 Å². The number of aryl methyl sites for hydroxylation is 2. The topological polar surface area (TPSA) is 244 Å². The van der Waals surface area contributed by atoms with Gasteiger partial charge in [-0.25, -0.2) is 37.1 Å². The van der Waals surface area contributed by atoms with Crippen molar-refractivity contribution in [3.05, 3.63) is 86.2 Å². The number of tetrazole rings is 2. The summed E-state index contributed by atoms with van der Waals surface area (Å²) in [5.41, 5.74) is 4.84. The molecule has 22 nitrogen and oxygen atoms in total. The van der Waals surface area contributed by atoms with Gasteiger partial charge in [-0.1, -0.05) is 0 Å². The lowest BCUT2D eigenvalue weighted by Crippen LogP contribution is -2.55. The molecule has 0 amide bonds. The number of anilines is 5. The molecule has 392 valence electrons. The van der Waals surface area contributed by atoms with Gasteiger partial charge in [-0.3, -0.25) is 9.80 Å². The lowest BCUT2D eigenvalue weighted by atomic mass is 9.84. The maximum atomic E-state index is 14.9. The maximum Gasteiger partial charge on any atom is 0.368 e. The van der Waals surface area contributed by atoms with Crippen LogP contribution in [0.25, 0.3) is 11.4 Å². The van der Waals surface area contributed by atoms with E-state index in [0.717, 1.165) is 81.9 Å². The molecule has 73 heavy (non-hydrogen) atoms. The first-order valence-electron chi connectivity index (χ1n) is 23.7. The number of rotatable bonds is 10.